The molecule has 0 unspecified atom stereocenters. The zero-order valence-corrected chi connectivity index (χ0v) is 11.4. The normalized spacial score (nSPS) is 11.6. The summed E-state index contributed by atoms with van der Waals surface area (Å²) in [4.78, 5) is 0. The van der Waals surface area contributed by atoms with E-state index in [1.54, 1.807) is 0 Å². The molecule has 3 heteroatoms. The van der Waals surface area contributed by atoms with Crippen molar-refractivity contribution in [2.24, 2.45) is 0 Å². The van der Waals surface area contributed by atoms with Crippen LogP contribution in [0.25, 0.3) is 0 Å². The summed E-state index contributed by atoms with van der Waals surface area (Å²) in [5.74, 6) is 0. The fourth-order valence-corrected chi connectivity index (χ4v) is 3.81. The van der Waals surface area contributed by atoms with E-state index in [0.29, 0.717) is 5.54 Å². The van der Waals surface area contributed by atoms with Crippen molar-refractivity contribution in [3.63, 3.8) is 0 Å². The van der Waals surface area contributed by atoms with Crippen molar-refractivity contribution in [2.45, 2.75) is 58.9 Å². The lowest BCUT2D eigenvalue weighted by molar-refractivity contribution is 0.185. The summed E-state index contributed by atoms with van der Waals surface area (Å²) in [7, 11) is -1.38. The molecule has 0 saturated heterocycles. The van der Waals surface area contributed by atoms with E-state index in [2.05, 4.69) is 27.7 Å². The molecule has 0 spiro atoms. The van der Waals surface area contributed by atoms with Gasteiger partial charge in [0.1, 0.15) is 0 Å². The molecule has 0 atom stereocenters. The van der Waals surface area contributed by atoms with Crippen LogP contribution in [-0.2, 0) is 8.85 Å². The van der Waals surface area contributed by atoms with Gasteiger partial charge in [-0.05, 0) is 18.4 Å². The van der Waals surface area contributed by atoms with Gasteiger partial charge in [-0.3, -0.25) is 0 Å². The Morgan fingerprint density at radius 2 is 1.29 bits per heavy atom. The molecular formula is C11H26O2Si. The van der Waals surface area contributed by atoms with Crippen molar-refractivity contribution in [2.75, 3.05) is 13.2 Å². The van der Waals surface area contributed by atoms with Gasteiger partial charge in [0.2, 0.25) is 0 Å². The summed E-state index contributed by atoms with van der Waals surface area (Å²) in [5.41, 5.74) is 0.688. The summed E-state index contributed by atoms with van der Waals surface area (Å²) in [5, 5.41) is 0. The minimum Gasteiger partial charge on any atom is -0.396 e. The Morgan fingerprint density at radius 3 is 1.57 bits per heavy atom. The highest BCUT2D eigenvalue weighted by molar-refractivity contribution is 6.46. The zero-order valence-electron chi connectivity index (χ0n) is 10.2. The van der Waals surface area contributed by atoms with Crippen molar-refractivity contribution in [3.8, 4) is 0 Å². The van der Waals surface area contributed by atoms with E-state index >= 15 is 0 Å². The average molecular weight is 218 g/mol. The lowest BCUT2D eigenvalue weighted by Crippen LogP contribution is -2.29. The van der Waals surface area contributed by atoms with E-state index in [0.717, 1.165) is 26.1 Å². The van der Waals surface area contributed by atoms with Crippen molar-refractivity contribution < 1.29 is 8.85 Å². The summed E-state index contributed by atoms with van der Waals surface area (Å²) < 4.78 is 11.7. The van der Waals surface area contributed by atoms with Crippen LogP contribution in [0.2, 0.25) is 5.54 Å². The Bertz CT molecular complexity index is 108. The molecule has 14 heavy (non-hydrogen) atoms. The van der Waals surface area contributed by atoms with Gasteiger partial charge in [-0.1, -0.05) is 40.5 Å². The summed E-state index contributed by atoms with van der Waals surface area (Å²) in [6, 6.07) is 0. The molecular weight excluding hydrogens is 192 g/mol. The van der Waals surface area contributed by atoms with E-state index in [1.165, 1.54) is 12.8 Å². The highest BCUT2D eigenvalue weighted by Crippen LogP contribution is 2.21. The zero-order chi connectivity index (χ0) is 10.8. The topological polar surface area (TPSA) is 18.5 Å². The first-order chi connectivity index (χ1) is 6.79. The molecule has 0 N–H and O–H groups in total. The van der Waals surface area contributed by atoms with Crippen LogP contribution in [0.15, 0.2) is 0 Å². The van der Waals surface area contributed by atoms with Crippen LogP contribution in [0.5, 0.6) is 0 Å². The van der Waals surface area contributed by atoms with E-state index < -0.39 is 9.28 Å². The second kappa shape index (κ2) is 9.68. The van der Waals surface area contributed by atoms with Crippen molar-refractivity contribution in [1.29, 1.82) is 0 Å². The number of hydrogen-bond acceptors (Lipinski definition) is 2. The van der Waals surface area contributed by atoms with Crippen molar-refractivity contribution in [3.05, 3.63) is 0 Å². The third kappa shape index (κ3) is 5.78. The largest absolute Gasteiger partial charge is 0.396 e. The summed E-state index contributed by atoms with van der Waals surface area (Å²) >= 11 is 0. The monoisotopic (exact) mass is 218 g/mol. The van der Waals surface area contributed by atoms with E-state index in [-0.39, 0.29) is 0 Å². The second-order valence-corrected chi connectivity index (χ2v) is 6.03. The van der Waals surface area contributed by atoms with Crippen LogP contribution in [-0.4, -0.2) is 22.5 Å². The third-order valence-electron chi connectivity index (χ3n) is 2.41. The first-order valence-electron chi connectivity index (χ1n) is 6.03. The minimum atomic E-state index is -1.38. The molecule has 0 radical (unpaired) electrons. The van der Waals surface area contributed by atoms with Gasteiger partial charge >= 0.3 is 9.28 Å². The SMILES string of the molecule is CCCO[SiH](OCCC)C(CC)CC. The highest BCUT2D eigenvalue weighted by atomic mass is 28.3. The van der Waals surface area contributed by atoms with E-state index in [9.17, 15) is 0 Å². The van der Waals surface area contributed by atoms with Gasteiger partial charge in [-0.25, -0.2) is 0 Å². The predicted octanol–water partition coefficient (Wildman–Crippen LogP) is 3.25. The van der Waals surface area contributed by atoms with Crippen LogP contribution >= 0.6 is 0 Å². The highest BCUT2D eigenvalue weighted by Gasteiger charge is 2.22. The lowest BCUT2D eigenvalue weighted by Gasteiger charge is -2.23. The molecule has 0 aliphatic rings. The number of hydrogen-bond donors (Lipinski definition) is 0. The predicted molar refractivity (Wildman–Crippen MR) is 64.0 cm³/mol. The maximum absolute atomic E-state index is 5.85. The van der Waals surface area contributed by atoms with Crippen LogP contribution in [0.3, 0.4) is 0 Å². The molecule has 0 amide bonds. The van der Waals surface area contributed by atoms with Gasteiger partial charge in [0.05, 0.1) is 0 Å². The van der Waals surface area contributed by atoms with Crippen LogP contribution in [0, 0.1) is 0 Å². The van der Waals surface area contributed by atoms with E-state index in [1.807, 2.05) is 0 Å². The molecule has 0 aromatic carbocycles. The quantitative estimate of drug-likeness (QED) is 0.553. The van der Waals surface area contributed by atoms with Gasteiger partial charge in [-0.2, -0.15) is 0 Å². The third-order valence-corrected chi connectivity index (χ3v) is 5.25. The number of rotatable bonds is 9. The molecule has 0 aromatic heterocycles. The van der Waals surface area contributed by atoms with Crippen LogP contribution in [0.1, 0.15) is 53.4 Å². The first kappa shape index (κ1) is 14.1. The molecule has 0 bridgehead atoms. The first-order valence-corrected chi connectivity index (χ1v) is 7.64. The summed E-state index contributed by atoms with van der Waals surface area (Å²) in [6.07, 6.45) is 4.58. The smallest absolute Gasteiger partial charge is 0.324 e. The van der Waals surface area contributed by atoms with Crippen LogP contribution < -0.4 is 0 Å². The Labute approximate surface area is 90.8 Å². The molecule has 0 saturated carbocycles. The molecule has 2 nitrogen and oxygen atoms in total. The van der Waals surface area contributed by atoms with Gasteiger partial charge in [0.25, 0.3) is 0 Å². The molecule has 0 aliphatic carbocycles. The van der Waals surface area contributed by atoms with Crippen LogP contribution in [0.4, 0.5) is 0 Å². The minimum absolute atomic E-state index is 0.688. The Kier molecular flexibility index (Phi) is 9.78. The molecule has 0 fully saturated rings. The molecule has 0 aromatic rings. The standard InChI is InChI=1S/C11H26O2Si/c1-5-9-12-14(13-10-6-2)11(7-3)8-4/h11,14H,5-10H2,1-4H3. The lowest BCUT2D eigenvalue weighted by atomic mass is 10.3. The Hall–Kier alpha value is 0.137. The van der Waals surface area contributed by atoms with E-state index in [4.69, 9.17) is 8.85 Å². The average Bonchev–Trinajstić information content (AvgIpc) is 2.22. The second-order valence-electron chi connectivity index (χ2n) is 3.69. The summed E-state index contributed by atoms with van der Waals surface area (Å²) in [6.45, 7) is 10.5. The molecule has 0 aliphatic heterocycles. The molecule has 0 rings (SSSR count). The molecule has 0 heterocycles. The Balaban J connectivity index is 3.92. The van der Waals surface area contributed by atoms with Gasteiger partial charge in [-0.15, -0.1) is 0 Å². The fraction of sp³-hybridized carbons (Fsp3) is 1.00. The fourth-order valence-electron chi connectivity index (χ4n) is 1.46. The van der Waals surface area contributed by atoms with Crippen molar-refractivity contribution in [1.82, 2.24) is 0 Å². The van der Waals surface area contributed by atoms with Gasteiger partial charge < -0.3 is 8.85 Å². The maximum Gasteiger partial charge on any atom is 0.324 e. The maximum atomic E-state index is 5.85. The van der Waals surface area contributed by atoms with Gasteiger partial charge in [0.15, 0.2) is 0 Å². The Morgan fingerprint density at radius 1 is 0.857 bits per heavy atom. The van der Waals surface area contributed by atoms with Gasteiger partial charge in [0, 0.05) is 13.2 Å². The molecule has 86 valence electrons. The van der Waals surface area contributed by atoms with Crippen molar-refractivity contribution >= 4 is 9.28 Å².